The van der Waals surface area contributed by atoms with Gasteiger partial charge in [-0.2, -0.15) is 0 Å². The topological polar surface area (TPSA) is 18.1 Å². The van der Waals surface area contributed by atoms with Crippen LogP contribution in [-0.2, 0) is 5.41 Å². The first-order valence-corrected chi connectivity index (χ1v) is 16.4. The molecule has 2 heteroatoms. The maximum Gasteiger partial charge on any atom is 0.143 e. The van der Waals surface area contributed by atoms with Crippen molar-refractivity contribution in [1.29, 1.82) is 0 Å². The van der Waals surface area contributed by atoms with Crippen molar-refractivity contribution in [2.45, 2.75) is 19.3 Å². The van der Waals surface area contributed by atoms with Gasteiger partial charge < -0.3 is 8.98 Å². The fraction of sp³-hybridized carbons (Fsp3) is 0.0667. The van der Waals surface area contributed by atoms with Crippen LogP contribution in [-0.4, -0.2) is 4.57 Å². The Morgan fingerprint density at radius 2 is 1.13 bits per heavy atom. The molecule has 0 aliphatic heterocycles. The third-order valence-electron chi connectivity index (χ3n) is 10.4. The Bertz CT molecular complexity index is 2690. The van der Waals surface area contributed by atoms with Crippen molar-refractivity contribution in [3.05, 3.63) is 163 Å². The largest absolute Gasteiger partial charge is 0.455 e. The monoisotopic (exact) mass is 601 g/mol. The van der Waals surface area contributed by atoms with Crippen molar-refractivity contribution >= 4 is 43.7 Å². The van der Waals surface area contributed by atoms with Crippen LogP contribution in [0.2, 0.25) is 0 Å². The summed E-state index contributed by atoms with van der Waals surface area (Å²) in [6.07, 6.45) is 0. The van der Waals surface area contributed by atoms with E-state index in [4.69, 9.17) is 4.42 Å². The van der Waals surface area contributed by atoms with E-state index >= 15 is 0 Å². The summed E-state index contributed by atoms with van der Waals surface area (Å²) in [6, 6.07) is 55.1. The first-order chi connectivity index (χ1) is 23.1. The molecule has 1 aliphatic carbocycles. The molecule has 1 aliphatic rings. The lowest BCUT2D eigenvalue weighted by molar-refractivity contribution is 0.648. The summed E-state index contributed by atoms with van der Waals surface area (Å²) in [7, 11) is 0. The number of fused-ring (bicyclic) bond motifs is 9. The van der Waals surface area contributed by atoms with Crippen LogP contribution in [0, 0.1) is 0 Å². The number of rotatable bonds is 3. The first kappa shape index (κ1) is 26.4. The maximum absolute atomic E-state index is 6.79. The Morgan fingerprint density at radius 1 is 0.447 bits per heavy atom. The van der Waals surface area contributed by atoms with Crippen LogP contribution < -0.4 is 0 Å². The van der Waals surface area contributed by atoms with Gasteiger partial charge in [-0.1, -0.05) is 129 Å². The van der Waals surface area contributed by atoms with Gasteiger partial charge in [-0.25, -0.2) is 0 Å². The van der Waals surface area contributed by atoms with Crippen molar-refractivity contribution in [3.8, 4) is 39.1 Å². The normalized spacial score (nSPS) is 13.5. The summed E-state index contributed by atoms with van der Waals surface area (Å²) < 4.78 is 9.18. The molecule has 47 heavy (non-hydrogen) atoms. The van der Waals surface area contributed by atoms with E-state index in [1.54, 1.807) is 0 Å². The quantitative estimate of drug-likeness (QED) is 0.197. The summed E-state index contributed by atoms with van der Waals surface area (Å²) in [5.41, 5.74) is 15.4. The third kappa shape index (κ3) is 3.73. The summed E-state index contributed by atoms with van der Waals surface area (Å²) in [5, 5.41) is 4.81. The smallest absolute Gasteiger partial charge is 0.143 e. The van der Waals surface area contributed by atoms with E-state index < -0.39 is 0 Å². The molecule has 0 bridgehead atoms. The molecule has 0 radical (unpaired) electrons. The van der Waals surface area contributed by atoms with Gasteiger partial charge >= 0.3 is 0 Å². The molecular weight excluding hydrogens is 571 g/mol. The molecule has 2 nitrogen and oxygen atoms in total. The fourth-order valence-electron chi connectivity index (χ4n) is 8.07. The lowest BCUT2D eigenvalue weighted by Crippen LogP contribution is -2.14. The number of nitrogens with zero attached hydrogens (tertiary/aromatic N) is 1. The fourth-order valence-corrected chi connectivity index (χ4v) is 8.07. The molecule has 10 rings (SSSR count). The molecule has 0 fully saturated rings. The van der Waals surface area contributed by atoms with Crippen molar-refractivity contribution in [3.63, 3.8) is 0 Å². The van der Waals surface area contributed by atoms with Gasteiger partial charge in [-0.05, 0) is 75.3 Å². The standard InChI is InChI=1S/C45H31NO/c1-45(2)39-17-8-6-13-33(39)37-26-38-36-16-10-15-32(44(36)47-43(38)27-40(37)45)30-21-24-35-34-14-7-9-18-41(34)46(42(35)25-30)31-22-19-29(20-23-31)28-11-4-3-5-12-28/h3-27H,1-2H3. The Labute approximate surface area is 273 Å². The molecular formula is C45H31NO. The number of hydrogen-bond donors (Lipinski definition) is 0. The number of para-hydroxylation sites is 2. The highest BCUT2D eigenvalue weighted by Crippen LogP contribution is 2.51. The average Bonchev–Trinajstić information content (AvgIpc) is 3.73. The van der Waals surface area contributed by atoms with Gasteiger partial charge in [0.05, 0.1) is 11.0 Å². The van der Waals surface area contributed by atoms with Crippen molar-refractivity contribution in [2.75, 3.05) is 0 Å². The molecule has 0 saturated heterocycles. The Hall–Kier alpha value is -5.86. The second-order valence-corrected chi connectivity index (χ2v) is 13.3. The zero-order valence-electron chi connectivity index (χ0n) is 26.3. The second kappa shape index (κ2) is 9.57. The Balaban J connectivity index is 1.16. The molecule has 0 amide bonds. The van der Waals surface area contributed by atoms with Crippen LogP contribution >= 0.6 is 0 Å². The van der Waals surface area contributed by atoms with Crippen LogP contribution in [0.25, 0.3) is 82.8 Å². The molecule has 7 aromatic carbocycles. The predicted molar refractivity (Wildman–Crippen MR) is 196 cm³/mol. The Kier molecular flexibility index (Phi) is 5.37. The first-order valence-electron chi connectivity index (χ1n) is 16.4. The minimum absolute atomic E-state index is 0.0698. The molecule has 0 N–H and O–H groups in total. The minimum Gasteiger partial charge on any atom is -0.455 e. The second-order valence-electron chi connectivity index (χ2n) is 13.3. The van der Waals surface area contributed by atoms with Gasteiger partial charge in [0.15, 0.2) is 0 Å². The SMILES string of the molecule is CC1(C)c2ccccc2-c2cc3c(cc21)oc1c(-c2ccc4c5ccccc5n(-c5ccc(-c6ccccc6)cc5)c4c2)cccc13. The lowest BCUT2D eigenvalue weighted by atomic mass is 9.82. The maximum atomic E-state index is 6.79. The van der Waals surface area contributed by atoms with Crippen molar-refractivity contribution in [1.82, 2.24) is 4.57 Å². The number of furan rings is 1. The van der Waals surface area contributed by atoms with Crippen LogP contribution in [0.4, 0.5) is 0 Å². The van der Waals surface area contributed by atoms with Crippen LogP contribution in [0.1, 0.15) is 25.0 Å². The zero-order valence-corrected chi connectivity index (χ0v) is 26.3. The molecule has 2 heterocycles. The molecule has 0 saturated carbocycles. The highest BCUT2D eigenvalue weighted by Gasteiger charge is 2.36. The van der Waals surface area contributed by atoms with Gasteiger partial charge in [-0.3, -0.25) is 0 Å². The molecule has 2 aromatic heterocycles. The van der Waals surface area contributed by atoms with Gasteiger partial charge in [0.25, 0.3) is 0 Å². The minimum atomic E-state index is -0.0698. The van der Waals surface area contributed by atoms with Crippen molar-refractivity contribution in [2.24, 2.45) is 0 Å². The molecule has 0 atom stereocenters. The van der Waals surface area contributed by atoms with Gasteiger partial charge in [0, 0.05) is 38.2 Å². The molecule has 222 valence electrons. The van der Waals surface area contributed by atoms with E-state index in [0.29, 0.717) is 0 Å². The molecule has 0 spiro atoms. The van der Waals surface area contributed by atoms with Crippen LogP contribution in [0.15, 0.2) is 156 Å². The van der Waals surface area contributed by atoms with E-state index in [0.717, 1.165) is 33.4 Å². The summed E-state index contributed by atoms with van der Waals surface area (Å²) in [4.78, 5) is 0. The number of aromatic nitrogens is 1. The summed E-state index contributed by atoms with van der Waals surface area (Å²) in [5.74, 6) is 0. The highest BCUT2D eigenvalue weighted by molar-refractivity contribution is 6.14. The number of benzene rings is 7. The van der Waals surface area contributed by atoms with Crippen molar-refractivity contribution < 1.29 is 4.42 Å². The van der Waals surface area contributed by atoms with E-state index in [2.05, 4.69) is 170 Å². The van der Waals surface area contributed by atoms with Crippen LogP contribution in [0.3, 0.4) is 0 Å². The summed E-state index contributed by atoms with van der Waals surface area (Å²) >= 11 is 0. The van der Waals surface area contributed by atoms with Gasteiger partial charge in [0.1, 0.15) is 11.2 Å². The van der Waals surface area contributed by atoms with E-state index in [1.165, 1.54) is 60.6 Å². The third-order valence-corrected chi connectivity index (χ3v) is 10.4. The zero-order chi connectivity index (χ0) is 31.3. The lowest BCUT2D eigenvalue weighted by Gasteiger charge is -2.21. The van der Waals surface area contributed by atoms with Gasteiger partial charge in [-0.15, -0.1) is 0 Å². The molecule has 0 unspecified atom stereocenters. The number of hydrogen-bond acceptors (Lipinski definition) is 1. The highest BCUT2D eigenvalue weighted by atomic mass is 16.3. The van der Waals surface area contributed by atoms with E-state index in [1.807, 2.05) is 0 Å². The van der Waals surface area contributed by atoms with Crippen LogP contribution in [0.5, 0.6) is 0 Å². The average molecular weight is 602 g/mol. The predicted octanol–water partition coefficient (Wildman–Crippen LogP) is 12.3. The summed E-state index contributed by atoms with van der Waals surface area (Å²) in [6.45, 7) is 4.64. The van der Waals surface area contributed by atoms with E-state index in [-0.39, 0.29) is 5.41 Å². The van der Waals surface area contributed by atoms with Gasteiger partial charge in [0.2, 0.25) is 0 Å². The van der Waals surface area contributed by atoms with E-state index in [9.17, 15) is 0 Å². The Morgan fingerprint density at radius 3 is 2.00 bits per heavy atom. The molecule has 9 aromatic rings.